The standard InChI is InChI=1S/C19H23NO3/c1-19(2)11-16(22)18(17(23)12-19)15(21)10-7-13-5-8-14(9-6-13)20(3)4/h5-10,18H,11-12H2,1-4H3/b10-7+. The van der Waals surface area contributed by atoms with Crippen LogP contribution in [-0.2, 0) is 14.4 Å². The molecule has 4 nitrogen and oxygen atoms in total. The molecule has 1 aromatic rings. The molecule has 23 heavy (non-hydrogen) atoms. The molecule has 0 unspecified atom stereocenters. The second-order valence-corrected chi connectivity index (χ2v) is 7.11. The molecule has 0 bridgehead atoms. The van der Waals surface area contributed by atoms with Crippen molar-refractivity contribution >= 4 is 29.1 Å². The third-order valence-electron chi connectivity index (χ3n) is 4.08. The molecule has 0 amide bonds. The molecule has 4 heteroatoms. The van der Waals surface area contributed by atoms with Gasteiger partial charge in [-0.05, 0) is 29.2 Å². The van der Waals surface area contributed by atoms with E-state index >= 15 is 0 Å². The highest BCUT2D eigenvalue weighted by molar-refractivity contribution is 6.24. The van der Waals surface area contributed by atoms with Crippen molar-refractivity contribution in [1.29, 1.82) is 0 Å². The second kappa shape index (κ2) is 6.49. The van der Waals surface area contributed by atoms with Crippen molar-refractivity contribution in [2.75, 3.05) is 19.0 Å². The van der Waals surface area contributed by atoms with Crippen LogP contribution in [0, 0.1) is 11.3 Å². The molecular weight excluding hydrogens is 290 g/mol. The van der Waals surface area contributed by atoms with Crippen LogP contribution in [0.15, 0.2) is 30.3 Å². The van der Waals surface area contributed by atoms with Crippen LogP contribution < -0.4 is 4.90 Å². The number of anilines is 1. The minimum atomic E-state index is -1.11. The van der Waals surface area contributed by atoms with Crippen LogP contribution in [0.5, 0.6) is 0 Å². The van der Waals surface area contributed by atoms with Gasteiger partial charge in [0.05, 0.1) is 0 Å². The van der Waals surface area contributed by atoms with E-state index in [1.807, 2.05) is 57.1 Å². The highest BCUT2D eigenvalue weighted by atomic mass is 16.2. The number of Topliss-reactive ketones (excluding diaryl/α,β-unsaturated/α-hetero) is 2. The highest BCUT2D eigenvalue weighted by Gasteiger charge is 2.42. The smallest absolute Gasteiger partial charge is 0.173 e. The van der Waals surface area contributed by atoms with Gasteiger partial charge in [-0.3, -0.25) is 14.4 Å². The van der Waals surface area contributed by atoms with Gasteiger partial charge in [-0.15, -0.1) is 0 Å². The Morgan fingerprint density at radius 1 is 1.09 bits per heavy atom. The molecule has 122 valence electrons. The number of rotatable bonds is 4. The first-order valence-corrected chi connectivity index (χ1v) is 7.74. The molecule has 0 atom stereocenters. The summed E-state index contributed by atoms with van der Waals surface area (Å²) in [6.45, 7) is 3.76. The summed E-state index contributed by atoms with van der Waals surface area (Å²) in [4.78, 5) is 38.5. The third kappa shape index (κ3) is 4.15. The predicted octanol–water partition coefficient (Wildman–Crippen LogP) is 2.91. The van der Waals surface area contributed by atoms with Crippen molar-refractivity contribution in [1.82, 2.24) is 0 Å². The van der Waals surface area contributed by atoms with E-state index in [1.165, 1.54) is 6.08 Å². The van der Waals surface area contributed by atoms with Crippen molar-refractivity contribution in [2.45, 2.75) is 26.7 Å². The highest BCUT2D eigenvalue weighted by Crippen LogP contribution is 2.34. The summed E-state index contributed by atoms with van der Waals surface area (Å²) in [6, 6.07) is 7.69. The average Bonchev–Trinajstić information content (AvgIpc) is 2.43. The van der Waals surface area contributed by atoms with Crippen molar-refractivity contribution in [3.05, 3.63) is 35.9 Å². The Hall–Kier alpha value is -2.23. The average molecular weight is 313 g/mol. The molecule has 0 aromatic heterocycles. The number of allylic oxidation sites excluding steroid dienone is 1. The maximum absolute atomic E-state index is 12.2. The third-order valence-corrected chi connectivity index (χ3v) is 4.08. The fourth-order valence-electron chi connectivity index (χ4n) is 2.87. The van der Waals surface area contributed by atoms with Crippen LogP contribution in [0.3, 0.4) is 0 Å². The lowest BCUT2D eigenvalue weighted by molar-refractivity contribution is -0.143. The van der Waals surface area contributed by atoms with Crippen molar-refractivity contribution in [3.8, 4) is 0 Å². The van der Waals surface area contributed by atoms with Crippen LogP contribution in [-0.4, -0.2) is 31.4 Å². The molecule has 1 saturated carbocycles. The first kappa shape index (κ1) is 17.1. The SMILES string of the molecule is CN(C)c1ccc(/C=C/C(=O)C2C(=O)CC(C)(C)CC2=O)cc1. The minimum absolute atomic E-state index is 0.260. The van der Waals surface area contributed by atoms with E-state index < -0.39 is 11.7 Å². The van der Waals surface area contributed by atoms with Gasteiger partial charge in [0.1, 0.15) is 5.92 Å². The van der Waals surface area contributed by atoms with Crippen molar-refractivity contribution in [3.63, 3.8) is 0 Å². The van der Waals surface area contributed by atoms with Crippen molar-refractivity contribution in [2.24, 2.45) is 11.3 Å². The van der Waals surface area contributed by atoms with E-state index in [1.54, 1.807) is 6.08 Å². The lowest BCUT2D eigenvalue weighted by Gasteiger charge is -2.30. The normalized spacial score (nSPS) is 18.4. The molecule has 0 saturated heterocycles. The van der Waals surface area contributed by atoms with Crippen LogP contribution >= 0.6 is 0 Å². The summed E-state index contributed by atoms with van der Waals surface area (Å²) in [7, 11) is 3.91. The number of carbonyl (C=O) groups is 3. The molecule has 0 spiro atoms. The zero-order valence-electron chi connectivity index (χ0n) is 14.1. The Morgan fingerprint density at radius 2 is 1.61 bits per heavy atom. The van der Waals surface area contributed by atoms with Gasteiger partial charge >= 0.3 is 0 Å². The summed E-state index contributed by atoms with van der Waals surface area (Å²) < 4.78 is 0. The Kier molecular flexibility index (Phi) is 4.83. The minimum Gasteiger partial charge on any atom is -0.378 e. The van der Waals surface area contributed by atoms with E-state index in [2.05, 4.69) is 0 Å². The van der Waals surface area contributed by atoms with Gasteiger partial charge in [-0.25, -0.2) is 0 Å². The fourth-order valence-corrected chi connectivity index (χ4v) is 2.87. The predicted molar refractivity (Wildman–Crippen MR) is 91.3 cm³/mol. The zero-order chi connectivity index (χ0) is 17.2. The van der Waals surface area contributed by atoms with Gasteiger partial charge in [-0.1, -0.05) is 32.1 Å². The quantitative estimate of drug-likeness (QED) is 0.633. The Balaban J connectivity index is 2.09. The number of hydrogen-bond donors (Lipinski definition) is 0. The van der Waals surface area contributed by atoms with Gasteiger partial charge in [-0.2, -0.15) is 0 Å². The Bertz CT molecular complexity index is 634. The first-order valence-electron chi connectivity index (χ1n) is 7.74. The summed E-state index contributed by atoms with van der Waals surface area (Å²) in [5, 5.41) is 0. The molecule has 0 aliphatic heterocycles. The largest absolute Gasteiger partial charge is 0.378 e. The molecule has 0 radical (unpaired) electrons. The summed E-state index contributed by atoms with van der Waals surface area (Å²) in [5.41, 5.74) is 1.59. The summed E-state index contributed by atoms with van der Waals surface area (Å²) in [6.07, 6.45) is 3.56. The molecule has 1 aliphatic rings. The zero-order valence-corrected chi connectivity index (χ0v) is 14.1. The van der Waals surface area contributed by atoms with E-state index in [0.717, 1.165) is 11.3 Å². The van der Waals surface area contributed by atoms with Crippen LogP contribution in [0.1, 0.15) is 32.3 Å². The fraction of sp³-hybridized carbons (Fsp3) is 0.421. The van der Waals surface area contributed by atoms with Crippen molar-refractivity contribution < 1.29 is 14.4 Å². The van der Waals surface area contributed by atoms with Crippen LogP contribution in [0.2, 0.25) is 0 Å². The molecule has 1 aromatic carbocycles. The topological polar surface area (TPSA) is 54.5 Å². The van der Waals surface area contributed by atoms with Gasteiger partial charge in [0.2, 0.25) is 0 Å². The van der Waals surface area contributed by atoms with Gasteiger partial charge in [0.15, 0.2) is 17.3 Å². The summed E-state index contributed by atoms with van der Waals surface area (Å²) in [5.74, 6) is -2.04. The van der Waals surface area contributed by atoms with Gasteiger partial charge < -0.3 is 4.90 Å². The molecular formula is C19H23NO3. The maximum Gasteiger partial charge on any atom is 0.173 e. The molecule has 1 fully saturated rings. The molecule has 0 heterocycles. The van der Waals surface area contributed by atoms with E-state index in [9.17, 15) is 14.4 Å². The van der Waals surface area contributed by atoms with E-state index in [-0.39, 0.29) is 29.8 Å². The lowest BCUT2D eigenvalue weighted by atomic mass is 9.70. The monoisotopic (exact) mass is 313 g/mol. The Labute approximate surface area is 137 Å². The van der Waals surface area contributed by atoms with E-state index in [4.69, 9.17) is 0 Å². The second-order valence-electron chi connectivity index (χ2n) is 7.11. The number of nitrogens with zero attached hydrogens (tertiary/aromatic N) is 1. The number of ketones is 3. The van der Waals surface area contributed by atoms with Gasteiger partial charge in [0.25, 0.3) is 0 Å². The number of benzene rings is 1. The lowest BCUT2D eigenvalue weighted by Crippen LogP contribution is -2.41. The maximum atomic E-state index is 12.2. The molecule has 2 rings (SSSR count). The van der Waals surface area contributed by atoms with Gasteiger partial charge in [0, 0.05) is 32.6 Å². The molecule has 1 aliphatic carbocycles. The number of hydrogen-bond acceptors (Lipinski definition) is 4. The summed E-state index contributed by atoms with van der Waals surface area (Å²) >= 11 is 0. The van der Waals surface area contributed by atoms with Crippen LogP contribution in [0.4, 0.5) is 5.69 Å². The molecule has 0 N–H and O–H groups in total. The first-order chi connectivity index (χ1) is 10.7. The number of carbonyl (C=O) groups excluding carboxylic acids is 3. The van der Waals surface area contributed by atoms with E-state index in [0.29, 0.717) is 0 Å². The van der Waals surface area contributed by atoms with Crippen LogP contribution in [0.25, 0.3) is 6.08 Å². The Morgan fingerprint density at radius 3 is 2.09 bits per heavy atom.